The van der Waals surface area contributed by atoms with E-state index < -0.39 is 0 Å². The van der Waals surface area contributed by atoms with Crippen molar-refractivity contribution in [2.75, 3.05) is 24.4 Å². The molecule has 0 aliphatic heterocycles. The normalized spacial score (nSPS) is 9.81. The number of rotatable bonds is 12. The smallest absolute Gasteiger partial charge is 0.465 e. The van der Waals surface area contributed by atoms with Crippen molar-refractivity contribution in [2.45, 2.75) is 46.0 Å². The Morgan fingerprint density at radius 1 is 1.04 bits per heavy atom. The predicted octanol–water partition coefficient (Wildman–Crippen LogP) is 3.23. The third kappa shape index (κ3) is 10.6. The van der Waals surface area contributed by atoms with Crippen LogP contribution in [0.3, 0.4) is 0 Å². The summed E-state index contributed by atoms with van der Waals surface area (Å²) in [4.78, 5) is 12.7. The van der Waals surface area contributed by atoms with E-state index in [1.54, 1.807) is 0 Å². The van der Waals surface area contributed by atoms with Crippen LogP contribution in [0.15, 0.2) is 30.0 Å². The summed E-state index contributed by atoms with van der Waals surface area (Å²) in [5.74, 6) is 3.14. The molecule has 0 aromatic heterocycles. The summed E-state index contributed by atoms with van der Waals surface area (Å²) in [6.07, 6.45) is 9.07. The molecule has 1 aromatic rings. The minimum Gasteiger partial charge on any atom is -0.465 e. The zero-order valence-corrected chi connectivity index (χ0v) is 18.2. The van der Waals surface area contributed by atoms with E-state index in [2.05, 4.69) is 25.7 Å². The minimum atomic E-state index is -0.304. The van der Waals surface area contributed by atoms with Gasteiger partial charge >= 0.3 is 24.8 Å². The predicted molar refractivity (Wildman–Crippen MR) is 112 cm³/mol. The Hall–Kier alpha value is -0.493. The van der Waals surface area contributed by atoms with Crippen molar-refractivity contribution in [3.63, 3.8) is 0 Å². The standard InChI is InChI=1S/C21H29O2S2.Li/c1-4-6-8-9-10-20(25-17-16-24-15-7-5-2)18-11-13-19(14-12-18)21(22)23-3;/h11-14H,4-8,15-17H2,1-3H3;/q-1;+1. The molecule has 0 aliphatic carbocycles. The molecule has 0 spiro atoms. The van der Waals surface area contributed by atoms with Crippen molar-refractivity contribution < 1.29 is 28.4 Å². The second kappa shape index (κ2) is 16.7. The Labute approximate surface area is 179 Å². The van der Waals surface area contributed by atoms with Gasteiger partial charge in [-0.05, 0) is 30.1 Å². The molecule has 0 N–H and O–H groups in total. The van der Waals surface area contributed by atoms with Crippen molar-refractivity contribution in [1.82, 2.24) is 0 Å². The molecule has 1 rings (SSSR count). The summed E-state index contributed by atoms with van der Waals surface area (Å²) < 4.78 is 4.76. The summed E-state index contributed by atoms with van der Waals surface area (Å²) >= 11 is 3.83. The molecule has 138 valence electrons. The molecule has 2 nitrogen and oxygen atoms in total. The third-order valence-corrected chi connectivity index (χ3v) is 5.90. The molecule has 0 fully saturated rings. The molecule has 26 heavy (non-hydrogen) atoms. The summed E-state index contributed by atoms with van der Waals surface area (Å²) in [5, 5.41) is 0. The quantitative estimate of drug-likeness (QED) is 0.182. The van der Waals surface area contributed by atoms with Crippen molar-refractivity contribution in [3.8, 4) is 0 Å². The Morgan fingerprint density at radius 2 is 1.69 bits per heavy atom. The number of hydrogen-bond acceptors (Lipinski definition) is 4. The fraction of sp³-hybridized carbons (Fsp3) is 0.524. The van der Waals surface area contributed by atoms with Crippen LogP contribution < -0.4 is 18.9 Å². The molecule has 0 heterocycles. The largest absolute Gasteiger partial charge is 1.00 e. The van der Waals surface area contributed by atoms with Gasteiger partial charge in [0.05, 0.1) is 12.7 Å². The monoisotopic (exact) mass is 384 g/mol. The molecule has 0 amide bonds. The van der Waals surface area contributed by atoms with E-state index >= 15 is 0 Å². The fourth-order valence-electron chi connectivity index (χ4n) is 2.03. The molecule has 0 unspecified atom stereocenters. The zero-order chi connectivity index (χ0) is 18.3. The Balaban J connectivity index is 0.00000625. The summed E-state index contributed by atoms with van der Waals surface area (Å²) in [5.41, 5.74) is 5.00. The number of esters is 1. The van der Waals surface area contributed by atoms with Crippen LogP contribution in [0.1, 0.15) is 61.9 Å². The van der Waals surface area contributed by atoms with Gasteiger partial charge in [-0.25, -0.2) is 22.6 Å². The Kier molecular flexibility index (Phi) is 16.3. The number of ether oxygens (including phenoxy) is 1. The first-order valence-corrected chi connectivity index (χ1v) is 11.1. The van der Waals surface area contributed by atoms with Gasteiger partial charge in [0.25, 0.3) is 0 Å². The van der Waals surface area contributed by atoms with E-state index in [1.165, 1.54) is 32.1 Å². The number of benzene rings is 1. The maximum Gasteiger partial charge on any atom is 1.00 e. The second-order valence-electron chi connectivity index (χ2n) is 5.62. The molecule has 0 bridgehead atoms. The van der Waals surface area contributed by atoms with Gasteiger partial charge in [0.2, 0.25) is 0 Å². The van der Waals surface area contributed by atoms with Crippen molar-refractivity contribution in [1.29, 1.82) is 0 Å². The first kappa shape index (κ1) is 25.5. The summed E-state index contributed by atoms with van der Waals surface area (Å²) in [6, 6.07) is 7.55. The van der Waals surface area contributed by atoms with Crippen LogP contribution in [0.2, 0.25) is 0 Å². The van der Waals surface area contributed by atoms with E-state index in [-0.39, 0.29) is 24.8 Å². The van der Waals surface area contributed by atoms with Gasteiger partial charge in [0.15, 0.2) is 0 Å². The molecule has 0 saturated carbocycles. The topological polar surface area (TPSA) is 26.3 Å². The van der Waals surface area contributed by atoms with Gasteiger partial charge in [-0.3, -0.25) is 0 Å². The molecular formula is C21H29LiO2S2. The van der Waals surface area contributed by atoms with E-state index in [9.17, 15) is 4.79 Å². The first-order chi connectivity index (χ1) is 12.2. The van der Waals surface area contributed by atoms with Gasteiger partial charge < -0.3 is 10.5 Å². The van der Waals surface area contributed by atoms with Gasteiger partial charge in [0.1, 0.15) is 0 Å². The van der Waals surface area contributed by atoms with Gasteiger partial charge in [-0.2, -0.15) is 11.8 Å². The van der Waals surface area contributed by atoms with Gasteiger partial charge in [-0.1, -0.05) is 55.7 Å². The van der Waals surface area contributed by atoms with Crippen LogP contribution in [0, 0.1) is 6.08 Å². The molecule has 0 radical (unpaired) electrons. The van der Waals surface area contributed by atoms with Crippen LogP contribution in [0.4, 0.5) is 0 Å². The van der Waals surface area contributed by atoms with Crippen LogP contribution in [-0.4, -0.2) is 30.3 Å². The van der Waals surface area contributed by atoms with Gasteiger partial charge in [0, 0.05) is 5.75 Å². The maximum absolute atomic E-state index is 11.6. The molecule has 1 aromatic carbocycles. The van der Waals surface area contributed by atoms with Crippen LogP contribution in [-0.2, 0) is 4.74 Å². The van der Waals surface area contributed by atoms with Gasteiger partial charge in [-0.15, -0.1) is 6.42 Å². The molecule has 5 heteroatoms. The zero-order valence-electron chi connectivity index (χ0n) is 16.6. The number of hydrogen-bond donors (Lipinski definition) is 0. The average molecular weight is 385 g/mol. The summed E-state index contributed by atoms with van der Waals surface area (Å²) in [7, 11) is 1.40. The second-order valence-corrected chi connectivity index (χ2v) is 7.95. The fourth-order valence-corrected chi connectivity index (χ4v) is 4.18. The van der Waals surface area contributed by atoms with Crippen molar-refractivity contribution >= 4 is 34.4 Å². The number of carbonyl (C=O) groups is 1. The van der Waals surface area contributed by atoms with Crippen LogP contribution >= 0.6 is 23.5 Å². The molecule has 0 saturated heterocycles. The Bertz CT molecular complexity index is 564. The third-order valence-electron chi connectivity index (χ3n) is 3.54. The molecule has 0 atom stereocenters. The van der Waals surface area contributed by atoms with E-state index in [0.29, 0.717) is 5.56 Å². The number of unbranched alkanes of at least 4 members (excludes halogenated alkanes) is 3. The Morgan fingerprint density at radius 3 is 2.31 bits per heavy atom. The number of carbonyl (C=O) groups excluding carboxylic acids is 1. The number of thioether (sulfide) groups is 2. The number of methoxy groups -OCH3 is 1. The van der Waals surface area contributed by atoms with Crippen LogP contribution in [0.25, 0.3) is 4.91 Å². The van der Waals surface area contributed by atoms with E-state index in [4.69, 9.17) is 4.74 Å². The van der Waals surface area contributed by atoms with Crippen molar-refractivity contribution in [3.05, 3.63) is 47.2 Å². The first-order valence-electron chi connectivity index (χ1n) is 8.98. The van der Waals surface area contributed by atoms with E-state index in [0.717, 1.165) is 34.8 Å². The molecular weight excluding hydrogens is 355 g/mol. The average Bonchev–Trinajstić information content (AvgIpc) is 2.65. The summed E-state index contributed by atoms with van der Waals surface area (Å²) in [6.45, 7) is 4.41. The maximum atomic E-state index is 11.6. The van der Waals surface area contributed by atoms with Crippen molar-refractivity contribution in [2.24, 2.45) is 0 Å². The van der Waals surface area contributed by atoms with E-state index in [1.807, 2.05) is 47.8 Å². The van der Waals surface area contributed by atoms with Crippen LogP contribution in [0.5, 0.6) is 0 Å². The minimum absolute atomic E-state index is 0. The number of allylic oxidation sites excluding steroid dienone is 1. The SMILES string of the molecule is CCCC[C-]=C=C(SCCSCCCC)c1ccc(C(=O)OC)cc1.[Li+]. The molecule has 0 aliphatic rings.